The van der Waals surface area contributed by atoms with E-state index in [0.29, 0.717) is 12.8 Å². The van der Waals surface area contributed by atoms with Crippen molar-refractivity contribution in [3.8, 4) is 0 Å². The van der Waals surface area contributed by atoms with E-state index >= 15 is 0 Å². The Kier molecular flexibility index (Phi) is 5.22. The highest BCUT2D eigenvalue weighted by atomic mass is 32.2. The number of nitrogens with zero attached hydrogens (tertiary/aromatic N) is 1. The average Bonchev–Trinajstić information content (AvgIpc) is 2.28. The van der Waals surface area contributed by atoms with Gasteiger partial charge in [0.1, 0.15) is 11.6 Å². The number of benzene rings is 1. The molecule has 0 aromatic heterocycles. The van der Waals surface area contributed by atoms with E-state index in [1.54, 1.807) is 0 Å². The Balaban J connectivity index is 3.26. The van der Waals surface area contributed by atoms with Crippen LogP contribution in [0.3, 0.4) is 0 Å². The van der Waals surface area contributed by atoms with Gasteiger partial charge >= 0.3 is 0 Å². The molecule has 0 radical (unpaired) electrons. The molecule has 0 atom stereocenters. The molecule has 18 heavy (non-hydrogen) atoms. The first-order valence-electron chi connectivity index (χ1n) is 5.89. The van der Waals surface area contributed by atoms with Crippen LogP contribution in [-0.2, 0) is 10.0 Å². The molecule has 0 aliphatic carbocycles. The Morgan fingerprint density at radius 3 is 1.89 bits per heavy atom. The zero-order chi connectivity index (χ0) is 13.8. The van der Waals surface area contributed by atoms with Gasteiger partial charge in [-0.2, -0.15) is 4.31 Å². The fourth-order valence-electron chi connectivity index (χ4n) is 1.71. The minimum atomic E-state index is -4.10. The molecule has 0 unspecified atom stereocenters. The van der Waals surface area contributed by atoms with Crippen molar-refractivity contribution in [3.05, 3.63) is 29.8 Å². The van der Waals surface area contributed by atoms with Crippen molar-refractivity contribution in [2.24, 2.45) is 0 Å². The van der Waals surface area contributed by atoms with E-state index < -0.39 is 26.6 Å². The van der Waals surface area contributed by atoms with Crippen molar-refractivity contribution >= 4 is 10.0 Å². The molecule has 0 saturated heterocycles. The van der Waals surface area contributed by atoms with Crippen molar-refractivity contribution in [2.75, 3.05) is 13.1 Å². The number of hydrogen-bond donors (Lipinski definition) is 0. The number of sulfonamides is 1. The first kappa shape index (κ1) is 15.0. The summed E-state index contributed by atoms with van der Waals surface area (Å²) in [5, 5.41) is 0. The Labute approximate surface area is 106 Å². The molecule has 3 nitrogen and oxygen atoms in total. The molecule has 1 rings (SSSR count). The third-order valence-corrected chi connectivity index (χ3v) is 4.41. The molecular formula is C12H17F2NO2S. The molecular weight excluding hydrogens is 260 g/mol. The van der Waals surface area contributed by atoms with E-state index in [1.165, 1.54) is 0 Å². The highest BCUT2D eigenvalue weighted by Crippen LogP contribution is 2.22. The molecule has 6 heteroatoms. The summed E-state index contributed by atoms with van der Waals surface area (Å²) in [5.41, 5.74) is 0. The van der Waals surface area contributed by atoms with Gasteiger partial charge in [0.2, 0.25) is 10.0 Å². The number of rotatable bonds is 6. The van der Waals surface area contributed by atoms with Gasteiger partial charge in [0.15, 0.2) is 4.90 Å². The van der Waals surface area contributed by atoms with Gasteiger partial charge in [0.05, 0.1) is 0 Å². The summed E-state index contributed by atoms with van der Waals surface area (Å²) in [6.07, 6.45) is 1.19. The molecule has 0 aliphatic heterocycles. The summed E-state index contributed by atoms with van der Waals surface area (Å²) in [7, 11) is -4.10. The summed E-state index contributed by atoms with van der Waals surface area (Å²) < 4.78 is 52.6. The second-order valence-corrected chi connectivity index (χ2v) is 5.83. The lowest BCUT2D eigenvalue weighted by molar-refractivity contribution is 0.401. The molecule has 0 bridgehead atoms. The number of halogens is 2. The fourth-order valence-corrected chi connectivity index (χ4v) is 3.44. The van der Waals surface area contributed by atoms with Gasteiger partial charge in [-0.05, 0) is 25.0 Å². The van der Waals surface area contributed by atoms with E-state index in [-0.39, 0.29) is 13.1 Å². The van der Waals surface area contributed by atoms with Crippen LogP contribution in [0, 0.1) is 11.6 Å². The molecule has 0 aliphatic rings. The van der Waals surface area contributed by atoms with Gasteiger partial charge in [0, 0.05) is 13.1 Å². The quantitative estimate of drug-likeness (QED) is 0.802. The number of hydrogen-bond acceptors (Lipinski definition) is 2. The molecule has 1 aromatic carbocycles. The SMILES string of the molecule is CCCN(CCC)S(=O)(=O)c1c(F)cccc1F. The predicted molar refractivity (Wildman–Crippen MR) is 65.7 cm³/mol. The van der Waals surface area contributed by atoms with Crippen LogP contribution >= 0.6 is 0 Å². The Morgan fingerprint density at radius 2 is 1.50 bits per heavy atom. The highest BCUT2D eigenvalue weighted by molar-refractivity contribution is 7.89. The topological polar surface area (TPSA) is 37.4 Å². The van der Waals surface area contributed by atoms with Crippen molar-refractivity contribution in [1.29, 1.82) is 0 Å². The van der Waals surface area contributed by atoms with Gasteiger partial charge in [-0.1, -0.05) is 19.9 Å². The van der Waals surface area contributed by atoms with Crippen LogP contribution in [0.1, 0.15) is 26.7 Å². The van der Waals surface area contributed by atoms with Crippen molar-refractivity contribution < 1.29 is 17.2 Å². The minimum absolute atomic E-state index is 0.254. The second kappa shape index (κ2) is 6.24. The third-order valence-electron chi connectivity index (χ3n) is 2.46. The molecule has 102 valence electrons. The van der Waals surface area contributed by atoms with Gasteiger partial charge in [-0.15, -0.1) is 0 Å². The van der Waals surface area contributed by atoms with Crippen LogP contribution in [0.4, 0.5) is 8.78 Å². The third kappa shape index (κ3) is 3.05. The smallest absolute Gasteiger partial charge is 0.207 e. The Morgan fingerprint density at radius 1 is 1.06 bits per heavy atom. The van der Waals surface area contributed by atoms with Crippen molar-refractivity contribution in [1.82, 2.24) is 4.31 Å². The monoisotopic (exact) mass is 277 g/mol. The van der Waals surface area contributed by atoms with Gasteiger partial charge < -0.3 is 0 Å². The summed E-state index contributed by atoms with van der Waals surface area (Å²) in [6.45, 7) is 4.14. The fraction of sp³-hybridized carbons (Fsp3) is 0.500. The lowest BCUT2D eigenvalue weighted by Crippen LogP contribution is -2.33. The summed E-state index contributed by atoms with van der Waals surface area (Å²) in [5.74, 6) is -2.10. The van der Waals surface area contributed by atoms with Crippen LogP contribution < -0.4 is 0 Å². The van der Waals surface area contributed by atoms with Crippen molar-refractivity contribution in [2.45, 2.75) is 31.6 Å². The second-order valence-electron chi connectivity index (χ2n) is 3.95. The molecule has 0 spiro atoms. The highest BCUT2D eigenvalue weighted by Gasteiger charge is 2.29. The maximum Gasteiger partial charge on any atom is 0.248 e. The van der Waals surface area contributed by atoms with Crippen LogP contribution in [0.5, 0.6) is 0 Å². The van der Waals surface area contributed by atoms with Crippen molar-refractivity contribution in [3.63, 3.8) is 0 Å². The molecule has 0 heterocycles. The van der Waals surface area contributed by atoms with E-state index in [4.69, 9.17) is 0 Å². The van der Waals surface area contributed by atoms with E-state index in [1.807, 2.05) is 13.8 Å². The summed E-state index contributed by atoms with van der Waals surface area (Å²) in [6, 6.07) is 3.05. The zero-order valence-corrected chi connectivity index (χ0v) is 11.3. The first-order valence-corrected chi connectivity index (χ1v) is 7.33. The zero-order valence-electron chi connectivity index (χ0n) is 10.5. The predicted octanol–water partition coefficient (Wildman–Crippen LogP) is 2.78. The average molecular weight is 277 g/mol. The largest absolute Gasteiger partial charge is 0.248 e. The summed E-state index contributed by atoms with van der Waals surface area (Å²) in [4.78, 5) is -0.855. The van der Waals surface area contributed by atoms with Gasteiger partial charge in [-0.3, -0.25) is 0 Å². The molecule has 0 amide bonds. The Bertz CT molecular complexity index is 477. The minimum Gasteiger partial charge on any atom is -0.207 e. The van der Waals surface area contributed by atoms with Gasteiger partial charge in [0.25, 0.3) is 0 Å². The van der Waals surface area contributed by atoms with Gasteiger partial charge in [-0.25, -0.2) is 17.2 Å². The standard InChI is InChI=1S/C12H17F2NO2S/c1-3-8-15(9-4-2)18(16,17)12-10(13)6-5-7-11(12)14/h5-7H,3-4,8-9H2,1-2H3. The molecule has 0 saturated carbocycles. The normalized spacial score (nSPS) is 12.1. The van der Waals surface area contributed by atoms with Crippen LogP contribution in [-0.4, -0.2) is 25.8 Å². The molecule has 1 aromatic rings. The first-order chi connectivity index (χ1) is 8.45. The Hall–Kier alpha value is -1.01. The maximum absolute atomic E-state index is 13.5. The van der Waals surface area contributed by atoms with Crippen LogP contribution in [0.15, 0.2) is 23.1 Å². The van der Waals surface area contributed by atoms with Crippen LogP contribution in [0.2, 0.25) is 0 Å². The van der Waals surface area contributed by atoms with E-state index in [2.05, 4.69) is 0 Å². The molecule has 0 fully saturated rings. The summed E-state index contributed by atoms with van der Waals surface area (Å²) >= 11 is 0. The van der Waals surface area contributed by atoms with Crippen LogP contribution in [0.25, 0.3) is 0 Å². The molecule has 0 N–H and O–H groups in total. The van der Waals surface area contributed by atoms with E-state index in [9.17, 15) is 17.2 Å². The lowest BCUT2D eigenvalue weighted by Gasteiger charge is -2.21. The maximum atomic E-state index is 13.5. The lowest BCUT2D eigenvalue weighted by atomic mass is 10.3. The van der Waals surface area contributed by atoms with E-state index in [0.717, 1.165) is 22.5 Å².